The zero-order valence-electron chi connectivity index (χ0n) is 7.00. The van der Waals surface area contributed by atoms with Crippen LogP contribution in [0.15, 0.2) is 17.5 Å². The molecule has 0 aliphatic carbocycles. The van der Waals surface area contributed by atoms with Gasteiger partial charge in [0.1, 0.15) is 5.75 Å². The van der Waals surface area contributed by atoms with Crippen LogP contribution < -0.4 is 10.5 Å². The number of ether oxygens (including phenoxy) is 1. The molecule has 0 aliphatic heterocycles. The van der Waals surface area contributed by atoms with Crippen molar-refractivity contribution in [1.29, 1.82) is 0 Å². The van der Waals surface area contributed by atoms with Crippen LogP contribution in [0.2, 0.25) is 5.02 Å². The van der Waals surface area contributed by atoms with Gasteiger partial charge in [-0.3, -0.25) is 0 Å². The molecule has 1 heterocycles. The monoisotopic (exact) mass is 213 g/mol. The molecule has 0 saturated heterocycles. The molecule has 13 heavy (non-hydrogen) atoms. The predicted molar refractivity (Wildman–Crippen MR) is 57.8 cm³/mol. The number of benzene rings is 1. The number of rotatable bonds is 1. The highest BCUT2D eigenvalue weighted by molar-refractivity contribution is 7.18. The summed E-state index contributed by atoms with van der Waals surface area (Å²) >= 11 is 7.52. The van der Waals surface area contributed by atoms with Crippen LogP contribution >= 0.6 is 22.9 Å². The van der Waals surface area contributed by atoms with Gasteiger partial charge < -0.3 is 10.5 Å². The lowest BCUT2D eigenvalue weighted by molar-refractivity contribution is 0.420. The number of nitrogens with two attached hydrogens (primary N) is 1. The molecule has 0 saturated carbocycles. The fourth-order valence-corrected chi connectivity index (χ4v) is 2.62. The van der Waals surface area contributed by atoms with Crippen molar-refractivity contribution in [2.24, 2.45) is 0 Å². The number of nitrogen functional groups attached to an aromatic ring is 1. The van der Waals surface area contributed by atoms with Crippen LogP contribution in [-0.2, 0) is 0 Å². The number of hydrogen-bond donors (Lipinski definition) is 1. The van der Waals surface area contributed by atoms with Gasteiger partial charge in [-0.05, 0) is 12.1 Å². The van der Waals surface area contributed by atoms with E-state index in [1.165, 1.54) is 0 Å². The van der Waals surface area contributed by atoms with Crippen molar-refractivity contribution >= 4 is 38.7 Å². The van der Waals surface area contributed by atoms with Crippen molar-refractivity contribution in [3.8, 4) is 5.75 Å². The fraction of sp³-hybridized carbons (Fsp3) is 0.111. The van der Waals surface area contributed by atoms with E-state index >= 15 is 0 Å². The van der Waals surface area contributed by atoms with Gasteiger partial charge >= 0.3 is 0 Å². The minimum absolute atomic E-state index is 0.691. The molecule has 2 aromatic rings. The summed E-state index contributed by atoms with van der Waals surface area (Å²) in [6.07, 6.45) is 0. The second kappa shape index (κ2) is 3.09. The molecule has 2 rings (SSSR count). The Morgan fingerprint density at radius 3 is 2.92 bits per heavy atom. The van der Waals surface area contributed by atoms with E-state index in [1.54, 1.807) is 24.5 Å². The van der Waals surface area contributed by atoms with Crippen molar-refractivity contribution < 1.29 is 4.74 Å². The van der Waals surface area contributed by atoms with E-state index in [-0.39, 0.29) is 0 Å². The Balaban J connectivity index is 2.87. The average molecular weight is 214 g/mol. The number of anilines is 1. The topological polar surface area (TPSA) is 35.2 Å². The van der Waals surface area contributed by atoms with E-state index in [0.717, 1.165) is 15.8 Å². The van der Waals surface area contributed by atoms with Gasteiger partial charge in [0.2, 0.25) is 0 Å². The lowest BCUT2D eigenvalue weighted by Gasteiger charge is -2.03. The molecule has 4 heteroatoms. The lowest BCUT2D eigenvalue weighted by atomic mass is 10.2. The van der Waals surface area contributed by atoms with E-state index in [2.05, 4.69) is 0 Å². The van der Waals surface area contributed by atoms with E-state index in [0.29, 0.717) is 10.7 Å². The standard InChI is InChI=1S/C9H8ClNOS/c1-12-7-3-2-6(11)8-5(10)4-13-9(7)8/h2-4H,11H2,1H3. The SMILES string of the molecule is COc1ccc(N)c2c(Cl)csc12. The second-order valence-corrected chi connectivity index (χ2v) is 3.93. The smallest absolute Gasteiger partial charge is 0.136 e. The molecule has 1 aromatic carbocycles. The zero-order chi connectivity index (χ0) is 9.42. The normalized spacial score (nSPS) is 10.6. The van der Waals surface area contributed by atoms with Gasteiger partial charge in [-0.25, -0.2) is 0 Å². The molecule has 2 N–H and O–H groups in total. The summed E-state index contributed by atoms with van der Waals surface area (Å²) in [6.45, 7) is 0. The van der Waals surface area contributed by atoms with Crippen LogP contribution in [0.1, 0.15) is 0 Å². The Hall–Kier alpha value is -0.930. The van der Waals surface area contributed by atoms with Crippen LogP contribution in [0.4, 0.5) is 5.69 Å². The van der Waals surface area contributed by atoms with E-state index in [9.17, 15) is 0 Å². The van der Waals surface area contributed by atoms with Crippen LogP contribution in [-0.4, -0.2) is 7.11 Å². The Kier molecular flexibility index (Phi) is 2.06. The van der Waals surface area contributed by atoms with Gasteiger partial charge in [0.25, 0.3) is 0 Å². The predicted octanol–water partition coefficient (Wildman–Crippen LogP) is 3.15. The summed E-state index contributed by atoms with van der Waals surface area (Å²) in [6, 6.07) is 3.66. The van der Waals surface area contributed by atoms with Gasteiger partial charge in [0.05, 0.1) is 16.8 Å². The summed E-state index contributed by atoms with van der Waals surface area (Å²) in [5.41, 5.74) is 6.49. The Labute approximate surface area is 84.9 Å². The van der Waals surface area contributed by atoms with Gasteiger partial charge in [-0.2, -0.15) is 0 Å². The van der Waals surface area contributed by atoms with E-state index in [1.807, 2.05) is 11.4 Å². The summed E-state index contributed by atoms with van der Waals surface area (Å²) in [4.78, 5) is 0. The number of fused-ring (bicyclic) bond motifs is 1. The summed E-state index contributed by atoms with van der Waals surface area (Å²) in [5.74, 6) is 0.820. The first kappa shape index (κ1) is 8.66. The first-order valence-corrected chi connectivity index (χ1v) is 4.99. The molecule has 0 atom stereocenters. The maximum atomic E-state index is 5.98. The van der Waals surface area contributed by atoms with E-state index < -0.39 is 0 Å². The van der Waals surface area contributed by atoms with Gasteiger partial charge in [0.15, 0.2) is 0 Å². The number of halogens is 1. The largest absolute Gasteiger partial charge is 0.495 e. The average Bonchev–Trinajstić information content (AvgIpc) is 2.50. The molecule has 0 amide bonds. The van der Waals surface area contributed by atoms with Gasteiger partial charge in [-0.15, -0.1) is 11.3 Å². The highest BCUT2D eigenvalue weighted by Gasteiger charge is 2.09. The highest BCUT2D eigenvalue weighted by atomic mass is 35.5. The fourth-order valence-electron chi connectivity index (χ4n) is 1.27. The zero-order valence-corrected chi connectivity index (χ0v) is 8.58. The maximum Gasteiger partial charge on any atom is 0.136 e. The summed E-state index contributed by atoms with van der Waals surface area (Å²) < 4.78 is 6.20. The molecule has 0 spiro atoms. The molecular formula is C9H8ClNOS. The molecule has 0 fully saturated rings. The Morgan fingerprint density at radius 1 is 1.46 bits per heavy atom. The van der Waals surface area contributed by atoms with Crippen molar-refractivity contribution in [3.05, 3.63) is 22.5 Å². The van der Waals surface area contributed by atoms with E-state index in [4.69, 9.17) is 22.1 Å². The molecule has 0 radical (unpaired) electrons. The number of hydrogen-bond acceptors (Lipinski definition) is 3. The third-order valence-electron chi connectivity index (χ3n) is 1.89. The van der Waals surface area contributed by atoms with Crippen LogP contribution in [0.3, 0.4) is 0 Å². The first-order chi connectivity index (χ1) is 6.24. The number of thiophene rings is 1. The third kappa shape index (κ3) is 1.24. The third-order valence-corrected chi connectivity index (χ3v) is 3.31. The molecule has 1 aromatic heterocycles. The minimum Gasteiger partial charge on any atom is -0.495 e. The summed E-state index contributed by atoms with van der Waals surface area (Å²) in [7, 11) is 1.64. The summed E-state index contributed by atoms with van der Waals surface area (Å²) in [5, 5.41) is 3.45. The maximum absolute atomic E-state index is 5.98. The Morgan fingerprint density at radius 2 is 2.23 bits per heavy atom. The van der Waals surface area contributed by atoms with Crippen molar-refractivity contribution in [3.63, 3.8) is 0 Å². The molecule has 68 valence electrons. The molecule has 0 unspecified atom stereocenters. The molecule has 2 nitrogen and oxygen atoms in total. The van der Waals surface area contributed by atoms with Crippen molar-refractivity contribution in [2.45, 2.75) is 0 Å². The second-order valence-electron chi connectivity index (χ2n) is 2.64. The van der Waals surface area contributed by atoms with Crippen LogP contribution in [0.25, 0.3) is 10.1 Å². The van der Waals surface area contributed by atoms with Crippen LogP contribution in [0, 0.1) is 0 Å². The first-order valence-electron chi connectivity index (χ1n) is 3.73. The van der Waals surface area contributed by atoms with Gasteiger partial charge in [-0.1, -0.05) is 11.6 Å². The van der Waals surface area contributed by atoms with Crippen molar-refractivity contribution in [1.82, 2.24) is 0 Å². The lowest BCUT2D eigenvalue weighted by Crippen LogP contribution is -1.87. The van der Waals surface area contributed by atoms with Gasteiger partial charge in [0, 0.05) is 16.5 Å². The van der Waals surface area contributed by atoms with Crippen LogP contribution in [0.5, 0.6) is 5.75 Å². The van der Waals surface area contributed by atoms with Crippen molar-refractivity contribution in [2.75, 3.05) is 12.8 Å². The molecule has 0 bridgehead atoms. The quantitative estimate of drug-likeness (QED) is 0.739. The number of methoxy groups -OCH3 is 1. The highest BCUT2D eigenvalue weighted by Crippen LogP contribution is 2.39. The molecule has 0 aliphatic rings. The minimum atomic E-state index is 0.691. The molecular weight excluding hydrogens is 206 g/mol. The Bertz CT molecular complexity index is 452.